The highest BCUT2D eigenvalue weighted by atomic mass is 32.1. The summed E-state index contributed by atoms with van der Waals surface area (Å²) >= 11 is 1.93. The number of amides is 2. The van der Waals surface area contributed by atoms with Crippen molar-refractivity contribution in [3.63, 3.8) is 0 Å². The average molecular weight is 476 g/mol. The second-order valence-electron chi connectivity index (χ2n) is 6.12. The second kappa shape index (κ2) is 8.59. The zero-order chi connectivity index (χ0) is 22.9. The van der Waals surface area contributed by atoms with E-state index < -0.39 is 40.8 Å². The molecule has 0 atom stereocenters. The van der Waals surface area contributed by atoms with Crippen LogP contribution < -0.4 is 16.4 Å². The molecule has 2 heterocycles. The van der Waals surface area contributed by atoms with Crippen LogP contribution in [0.2, 0.25) is 0 Å². The van der Waals surface area contributed by atoms with E-state index in [0.717, 1.165) is 28.7 Å². The number of thiazole rings is 1. The van der Waals surface area contributed by atoms with Gasteiger partial charge in [-0.1, -0.05) is 0 Å². The number of halogens is 5. The van der Waals surface area contributed by atoms with Crippen LogP contribution in [0.4, 0.5) is 32.1 Å². The van der Waals surface area contributed by atoms with Crippen LogP contribution in [0.5, 0.6) is 0 Å². The number of nitrogens with one attached hydrogen (secondary N) is 2. The molecule has 164 valence electrons. The molecule has 3 aromatic rings. The molecule has 13 heteroatoms. The van der Waals surface area contributed by atoms with Crippen molar-refractivity contribution in [2.24, 2.45) is 0 Å². The first kappa shape index (κ1) is 22.6. The Bertz CT molecular complexity index is 1160. The van der Waals surface area contributed by atoms with Gasteiger partial charge in [0.15, 0.2) is 5.13 Å². The fourth-order valence-electron chi connectivity index (χ4n) is 2.72. The topological polar surface area (TPSA) is 97.1 Å². The fraction of sp³-hybridized carbons (Fsp3) is 0.167. The largest absolute Gasteiger partial charge is 0.422 e. The van der Waals surface area contributed by atoms with E-state index in [1.807, 2.05) is 0 Å². The SMILES string of the molecule is CNC(=O)c1c(CC(=O)Nc2nc(-c3ccc(F)c(C(F)(F)F)c3F)cs2)csc1N. The minimum atomic E-state index is -5.22. The third kappa shape index (κ3) is 4.66. The number of nitrogen functional groups attached to an aromatic ring is 1. The van der Waals surface area contributed by atoms with Gasteiger partial charge in [-0.3, -0.25) is 9.59 Å². The maximum Gasteiger partial charge on any atom is 0.422 e. The van der Waals surface area contributed by atoms with Crippen LogP contribution in [0, 0.1) is 11.6 Å². The van der Waals surface area contributed by atoms with Crippen molar-refractivity contribution in [3.05, 3.63) is 51.2 Å². The van der Waals surface area contributed by atoms with Gasteiger partial charge in [0.25, 0.3) is 5.91 Å². The molecule has 0 aliphatic heterocycles. The molecule has 0 aliphatic rings. The maximum atomic E-state index is 14.3. The normalized spacial score (nSPS) is 11.4. The van der Waals surface area contributed by atoms with Gasteiger partial charge < -0.3 is 16.4 Å². The molecule has 2 aromatic heterocycles. The summed E-state index contributed by atoms with van der Waals surface area (Å²) < 4.78 is 66.5. The number of rotatable bonds is 5. The predicted molar refractivity (Wildman–Crippen MR) is 107 cm³/mol. The molecule has 0 saturated heterocycles. The van der Waals surface area contributed by atoms with Gasteiger partial charge in [0, 0.05) is 18.0 Å². The van der Waals surface area contributed by atoms with Gasteiger partial charge in [0.05, 0.1) is 22.7 Å². The summed E-state index contributed by atoms with van der Waals surface area (Å²) in [4.78, 5) is 28.1. The summed E-state index contributed by atoms with van der Waals surface area (Å²) in [6.07, 6.45) is -5.43. The third-order valence-electron chi connectivity index (χ3n) is 4.10. The minimum Gasteiger partial charge on any atom is -0.390 e. The van der Waals surface area contributed by atoms with Crippen LogP contribution in [0.15, 0.2) is 22.9 Å². The Balaban J connectivity index is 1.80. The van der Waals surface area contributed by atoms with Crippen LogP contribution in [-0.4, -0.2) is 23.8 Å². The van der Waals surface area contributed by atoms with E-state index in [0.29, 0.717) is 11.6 Å². The average Bonchev–Trinajstić information content (AvgIpc) is 3.27. The molecule has 6 nitrogen and oxygen atoms in total. The number of thiophene rings is 1. The molecule has 0 radical (unpaired) electrons. The van der Waals surface area contributed by atoms with Crippen molar-refractivity contribution < 1.29 is 31.5 Å². The van der Waals surface area contributed by atoms with Gasteiger partial charge in [-0.25, -0.2) is 13.8 Å². The maximum absolute atomic E-state index is 14.3. The zero-order valence-electron chi connectivity index (χ0n) is 15.6. The Morgan fingerprint density at radius 2 is 1.87 bits per heavy atom. The molecule has 0 spiro atoms. The van der Waals surface area contributed by atoms with Gasteiger partial charge in [-0.05, 0) is 23.1 Å². The molecule has 0 unspecified atom stereocenters. The fourth-order valence-corrected chi connectivity index (χ4v) is 4.26. The highest BCUT2D eigenvalue weighted by Crippen LogP contribution is 2.38. The molecule has 2 amide bonds. The number of aromatic nitrogens is 1. The smallest absolute Gasteiger partial charge is 0.390 e. The first-order chi connectivity index (χ1) is 14.5. The van der Waals surface area contributed by atoms with Crippen LogP contribution in [-0.2, 0) is 17.4 Å². The van der Waals surface area contributed by atoms with E-state index in [2.05, 4.69) is 15.6 Å². The second-order valence-corrected chi connectivity index (χ2v) is 7.89. The van der Waals surface area contributed by atoms with Crippen molar-refractivity contribution in [1.82, 2.24) is 10.3 Å². The summed E-state index contributed by atoms with van der Waals surface area (Å²) in [7, 11) is 1.42. The van der Waals surface area contributed by atoms with Crippen molar-refractivity contribution in [1.29, 1.82) is 0 Å². The lowest BCUT2D eigenvalue weighted by molar-refractivity contribution is -0.142. The standard InChI is InChI=1S/C18H13F5N4O2S2/c1-25-16(29)12-7(5-30-15(12)24)4-11(28)27-17-26-10(6-31-17)8-2-3-9(19)13(14(8)20)18(21,22)23/h2-3,5-6H,4,24H2,1H3,(H,25,29)(H,26,27,28). The molecular formula is C18H13F5N4O2S2. The first-order valence-electron chi connectivity index (χ1n) is 8.41. The summed E-state index contributed by atoms with van der Waals surface area (Å²) in [6, 6.07) is 1.34. The lowest BCUT2D eigenvalue weighted by atomic mass is 10.1. The van der Waals surface area contributed by atoms with E-state index in [4.69, 9.17) is 5.73 Å². The monoisotopic (exact) mass is 476 g/mol. The van der Waals surface area contributed by atoms with Gasteiger partial charge >= 0.3 is 6.18 Å². The molecule has 0 saturated carbocycles. The number of nitrogens with two attached hydrogens (primary N) is 1. The van der Waals surface area contributed by atoms with Gasteiger partial charge in [-0.15, -0.1) is 22.7 Å². The minimum absolute atomic E-state index is 0.0121. The molecule has 1 aromatic carbocycles. The quantitative estimate of drug-likeness (QED) is 0.479. The predicted octanol–water partition coefficient (Wildman–Crippen LogP) is 4.29. The van der Waals surface area contributed by atoms with E-state index in [9.17, 15) is 31.5 Å². The third-order valence-corrected chi connectivity index (χ3v) is 5.72. The molecule has 0 fully saturated rings. The summed E-state index contributed by atoms with van der Waals surface area (Å²) in [5, 5.41) is 7.86. The number of carbonyl (C=O) groups is 2. The lowest BCUT2D eigenvalue weighted by Gasteiger charge is -2.11. The van der Waals surface area contributed by atoms with E-state index in [1.54, 1.807) is 5.38 Å². The summed E-state index contributed by atoms with van der Waals surface area (Å²) in [5.74, 6) is -4.55. The zero-order valence-corrected chi connectivity index (χ0v) is 17.2. The van der Waals surface area contributed by atoms with Crippen LogP contribution >= 0.6 is 22.7 Å². The highest BCUT2D eigenvalue weighted by molar-refractivity contribution is 7.14. The molecule has 0 aliphatic carbocycles. The van der Waals surface area contributed by atoms with E-state index in [1.165, 1.54) is 12.4 Å². The van der Waals surface area contributed by atoms with Crippen LogP contribution in [0.1, 0.15) is 21.5 Å². The number of alkyl halides is 3. The summed E-state index contributed by atoms with van der Waals surface area (Å²) in [6.45, 7) is 0. The molecule has 4 N–H and O–H groups in total. The number of carbonyl (C=O) groups excluding carboxylic acids is 2. The highest BCUT2D eigenvalue weighted by Gasteiger charge is 2.39. The van der Waals surface area contributed by atoms with Crippen molar-refractivity contribution >= 4 is 44.6 Å². The Hall–Kier alpha value is -3.06. The molecule has 3 rings (SSSR count). The number of benzene rings is 1. The van der Waals surface area contributed by atoms with Crippen LogP contribution in [0.25, 0.3) is 11.3 Å². The number of nitrogens with zero attached hydrogens (tertiary/aromatic N) is 1. The van der Waals surface area contributed by atoms with Gasteiger partial charge in [-0.2, -0.15) is 13.2 Å². The first-order valence-corrected chi connectivity index (χ1v) is 10.2. The lowest BCUT2D eigenvalue weighted by Crippen LogP contribution is -2.22. The summed E-state index contributed by atoms with van der Waals surface area (Å²) in [5.41, 5.74) is 3.55. The van der Waals surface area contributed by atoms with E-state index >= 15 is 0 Å². The van der Waals surface area contributed by atoms with E-state index in [-0.39, 0.29) is 27.8 Å². The van der Waals surface area contributed by atoms with Crippen molar-refractivity contribution in [2.75, 3.05) is 18.1 Å². The van der Waals surface area contributed by atoms with Crippen molar-refractivity contribution in [3.8, 4) is 11.3 Å². The van der Waals surface area contributed by atoms with Gasteiger partial charge in [0.1, 0.15) is 17.2 Å². The number of anilines is 2. The van der Waals surface area contributed by atoms with Crippen LogP contribution in [0.3, 0.4) is 0 Å². The Morgan fingerprint density at radius 1 is 1.16 bits per heavy atom. The van der Waals surface area contributed by atoms with Gasteiger partial charge in [0.2, 0.25) is 5.91 Å². The number of hydrogen-bond acceptors (Lipinski definition) is 6. The molecular weight excluding hydrogens is 463 g/mol. The molecule has 31 heavy (non-hydrogen) atoms. The Labute approximate surface area is 179 Å². The Morgan fingerprint density at radius 3 is 2.52 bits per heavy atom. The van der Waals surface area contributed by atoms with Crippen molar-refractivity contribution in [2.45, 2.75) is 12.6 Å². The Kier molecular flexibility index (Phi) is 6.27. The number of hydrogen-bond donors (Lipinski definition) is 3. The molecule has 0 bridgehead atoms.